The van der Waals surface area contributed by atoms with Crippen molar-refractivity contribution < 1.29 is 22.7 Å². The third-order valence-electron chi connectivity index (χ3n) is 5.46. The van der Waals surface area contributed by atoms with Gasteiger partial charge in [-0.1, -0.05) is 18.6 Å². The van der Waals surface area contributed by atoms with Crippen molar-refractivity contribution >= 4 is 27.3 Å². The Morgan fingerprint density at radius 1 is 1.06 bits per heavy atom. The molecule has 2 aromatic carbocycles. The van der Waals surface area contributed by atoms with Gasteiger partial charge in [-0.05, 0) is 43.2 Å². The van der Waals surface area contributed by atoms with Crippen LogP contribution in [0.2, 0.25) is 0 Å². The molecule has 0 aliphatic carbocycles. The van der Waals surface area contributed by atoms with Crippen molar-refractivity contribution in [2.75, 3.05) is 44.0 Å². The maximum atomic E-state index is 13.1. The zero-order chi connectivity index (χ0) is 22.0. The molecule has 1 N–H and O–H groups in total. The molecule has 0 spiro atoms. The Morgan fingerprint density at radius 2 is 1.77 bits per heavy atom. The number of fused-ring (bicyclic) bond motifs is 1. The molecule has 0 bridgehead atoms. The molecule has 2 heterocycles. The number of nitrogens with zero attached hydrogens (tertiary/aromatic N) is 2. The van der Waals surface area contributed by atoms with Crippen LogP contribution < -0.4 is 19.7 Å². The van der Waals surface area contributed by atoms with E-state index in [1.807, 2.05) is 31.1 Å². The van der Waals surface area contributed by atoms with Crippen molar-refractivity contribution in [3.63, 3.8) is 0 Å². The van der Waals surface area contributed by atoms with Crippen molar-refractivity contribution in [3.05, 3.63) is 42.5 Å². The second-order valence-corrected chi connectivity index (χ2v) is 9.83. The van der Waals surface area contributed by atoms with Crippen molar-refractivity contribution in [2.24, 2.45) is 0 Å². The first-order chi connectivity index (χ1) is 14.9. The Labute approximate surface area is 182 Å². The Hall–Kier alpha value is -2.78. The molecule has 2 aromatic rings. The zero-order valence-electron chi connectivity index (χ0n) is 17.7. The van der Waals surface area contributed by atoms with E-state index in [1.165, 1.54) is 10.4 Å². The molecule has 1 saturated heterocycles. The zero-order valence-corrected chi connectivity index (χ0v) is 18.5. The van der Waals surface area contributed by atoms with Crippen LogP contribution in [0.5, 0.6) is 11.5 Å². The van der Waals surface area contributed by atoms with E-state index in [-0.39, 0.29) is 11.5 Å². The van der Waals surface area contributed by atoms with Crippen molar-refractivity contribution in [3.8, 4) is 11.5 Å². The van der Waals surface area contributed by atoms with Gasteiger partial charge in [0.05, 0.1) is 16.3 Å². The minimum absolute atomic E-state index is 0.0753. The highest BCUT2D eigenvalue weighted by atomic mass is 32.2. The molecule has 0 unspecified atom stereocenters. The monoisotopic (exact) mass is 445 g/mol. The highest BCUT2D eigenvalue weighted by Crippen LogP contribution is 2.33. The predicted octanol–water partition coefficient (Wildman–Crippen LogP) is 2.71. The third kappa shape index (κ3) is 4.47. The standard InChI is InChI=1S/C22H27N3O5S/c1-24(2)18-11-10-16(31(27,28)25-12-6-3-7-13-25)14-17(18)23-22(26)21-15-29-19-8-4-5-9-20(19)30-21/h4-5,8-11,14,21H,3,6-7,12-13,15H2,1-2H3,(H,23,26)/t21-/m1/s1. The van der Waals surface area contributed by atoms with E-state index in [0.717, 1.165) is 19.3 Å². The first-order valence-electron chi connectivity index (χ1n) is 10.4. The molecule has 9 heteroatoms. The lowest BCUT2D eigenvalue weighted by Crippen LogP contribution is -2.40. The molecular formula is C22H27N3O5S. The number of ether oxygens (including phenoxy) is 2. The van der Waals surface area contributed by atoms with E-state index in [0.29, 0.717) is 36.0 Å². The summed E-state index contributed by atoms with van der Waals surface area (Å²) in [6.45, 7) is 1.12. The molecule has 1 atom stereocenters. The van der Waals surface area contributed by atoms with Crippen LogP contribution in [0.25, 0.3) is 0 Å². The summed E-state index contributed by atoms with van der Waals surface area (Å²) in [4.78, 5) is 14.9. The van der Waals surface area contributed by atoms with E-state index in [4.69, 9.17) is 9.47 Å². The number of para-hydroxylation sites is 2. The number of hydrogen-bond donors (Lipinski definition) is 1. The molecule has 4 rings (SSSR count). The first-order valence-corrected chi connectivity index (χ1v) is 11.8. The summed E-state index contributed by atoms with van der Waals surface area (Å²) in [5, 5.41) is 2.84. The maximum absolute atomic E-state index is 13.1. The highest BCUT2D eigenvalue weighted by molar-refractivity contribution is 7.89. The summed E-state index contributed by atoms with van der Waals surface area (Å²) in [5.41, 5.74) is 1.11. The fraction of sp³-hybridized carbons (Fsp3) is 0.409. The smallest absolute Gasteiger partial charge is 0.269 e. The molecule has 2 aliphatic heterocycles. The fourth-order valence-electron chi connectivity index (χ4n) is 3.78. The molecular weight excluding hydrogens is 418 g/mol. The molecule has 166 valence electrons. The predicted molar refractivity (Wildman–Crippen MR) is 118 cm³/mol. The summed E-state index contributed by atoms with van der Waals surface area (Å²) < 4.78 is 39.1. The summed E-state index contributed by atoms with van der Waals surface area (Å²) in [5.74, 6) is 0.698. The summed E-state index contributed by atoms with van der Waals surface area (Å²) in [7, 11) is 0.0471. The van der Waals surface area contributed by atoms with E-state index >= 15 is 0 Å². The highest BCUT2D eigenvalue weighted by Gasteiger charge is 2.30. The number of nitrogens with one attached hydrogen (secondary N) is 1. The molecule has 0 radical (unpaired) electrons. The van der Waals surface area contributed by atoms with Gasteiger partial charge in [0.2, 0.25) is 16.1 Å². The van der Waals surface area contributed by atoms with Crippen LogP contribution in [0, 0.1) is 0 Å². The summed E-state index contributed by atoms with van der Waals surface area (Å²) in [6, 6.07) is 12.0. The molecule has 2 aliphatic rings. The van der Waals surface area contributed by atoms with Crippen LogP contribution in [0.1, 0.15) is 19.3 Å². The Kier molecular flexibility index (Phi) is 6.06. The number of anilines is 2. The summed E-state index contributed by atoms with van der Waals surface area (Å²) in [6.07, 6.45) is 1.92. The van der Waals surface area contributed by atoms with Gasteiger partial charge in [0.1, 0.15) is 6.61 Å². The number of rotatable bonds is 5. The van der Waals surface area contributed by atoms with E-state index in [2.05, 4.69) is 5.32 Å². The van der Waals surface area contributed by atoms with E-state index in [1.54, 1.807) is 24.3 Å². The Morgan fingerprint density at radius 3 is 2.48 bits per heavy atom. The normalized spacial score (nSPS) is 19.0. The Bertz CT molecular complexity index is 1060. The number of amides is 1. The van der Waals surface area contributed by atoms with Gasteiger partial charge in [0.15, 0.2) is 11.5 Å². The minimum atomic E-state index is -3.62. The average molecular weight is 446 g/mol. The van der Waals surface area contributed by atoms with Crippen molar-refractivity contribution in [1.29, 1.82) is 0 Å². The quantitative estimate of drug-likeness (QED) is 0.761. The number of benzene rings is 2. The van der Waals surface area contributed by atoms with Crippen molar-refractivity contribution in [2.45, 2.75) is 30.3 Å². The van der Waals surface area contributed by atoms with Crippen LogP contribution >= 0.6 is 0 Å². The lowest BCUT2D eigenvalue weighted by Gasteiger charge is -2.28. The van der Waals surface area contributed by atoms with E-state index in [9.17, 15) is 13.2 Å². The molecule has 1 amide bonds. The molecule has 0 saturated carbocycles. The molecule has 0 aromatic heterocycles. The molecule has 1 fully saturated rings. The molecule has 8 nitrogen and oxygen atoms in total. The number of carbonyl (C=O) groups excluding carboxylic acids is 1. The third-order valence-corrected chi connectivity index (χ3v) is 7.36. The van der Waals surface area contributed by atoms with Gasteiger partial charge < -0.3 is 19.7 Å². The SMILES string of the molecule is CN(C)c1ccc(S(=O)(=O)N2CCCCC2)cc1NC(=O)[C@H]1COc2ccccc2O1. The lowest BCUT2D eigenvalue weighted by molar-refractivity contribution is -0.125. The van der Waals surface area contributed by atoms with Crippen LogP contribution in [-0.4, -0.2) is 58.5 Å². The average Bonchev–Trinajstić information content (AvgIpc) is 2.79. The Balaban J connectivity index is 1.58. The van der Waals surface area contributed by atoms with Gasteiger partial charge in [-0.15, -0.1) is 0 Å². The van der Waals surface area contributed by atoms with Crippen LogP contribution in [0.3, 0.4) is 0 Å². The lowest BCUT2D eigenvalue weighted by atomic mass is 10.2. The van der Waals surface area contributed by atoms with Gasteiger partial charge >= 0.3 is 0 Å². The van der Waals surface area contributed by atoms with Gasteiger partial charge in [-0.3, -0.25) is 4.79 Å². The second kappa shape index (κ2) is 8.76. The van der Waals surface area contributed by atoms with Crippen molar-refractivity contribution in [1.82, 2.24) is 4.31 Å². The minimum Gasteiger partial charge on any atom is -0.485 e. The van der Waals surface area contributed by atoms with Gasteiger partial charge in [-0.2, -0.15) is 4.31 Å². The maximum Gasteiger partial charge on any atom is 0.269 e. The fourth-order valence-corrected chi connectivity index (χ4v) is 5.33. The van der Waals surface area contributed by atoms with Gasteiger partial charge in [-0.25, -0.2) is 8.42 Å². The molecule has 31 heavy (non-hydrogen) atoms. The van der Waals surface area contributed by atoms with Crippen LogP contribution in [0.15, 0.2) is 47.4 Å². The number of carbonyl (C=O) groups is 1. The number of piperidine rings is 1. The first kappa shape index (κ1) is 21.5. The van der Waals surface area contributed by atoms with E-state index < -0.39 is 22.0 Å². The van der Waals surface area contributed by atoms with Crippen LogP contribution in [-0.2, 0) is 14.8 Å². The van der Waals surface area contributed by atoms with Crippen LogP contribution in [0.4, 0.5) is 11.4 Å². The largest absolute Gasteiger partial charge is 0.485 e. The topological polar surface area (TPSA) is 88.2 Å². The number of sulfonamides is 1. The second-order valence-electron chi connectivity index (χ2n) is 7.89. The van der Waals surface area contributed by atoms with Gasteiger partial charge in [0, 0.05) is 27.2 Å². The number of hydrogen-bond acceptors (Lipinski definition) is 6. The van der Waals surface area contributed by atoms with Gasteiger partial charge in [0.25, 0.3) is 5.91 Å². The summed E-state index contributed by atoms with van der Waals surface area (Å²) >= 11 is 0.